The van der Waals surface area contributed by atoms with E-state index < -0.39 is 17.6 Å². The van der Waals surface area contributed by atoms with Gasteiger partial charge in [0.25, 0.3) is 0 Å². The van der Waals surface area contributed by atoms with Gasteiger partial charge >= 0.3 is 5.97 Å². The van der Waals surface area contributed by atoms with E-state index in [0.717, 1.165) is 51.4 Å². The van der Waals surface area contributed by atoms with Crippen molar-refractivity contribution in [2.24, 2.45) is 11.8 Å². The highest BCUT2D eigenvalue weighted by atomic mass is 19.2. The molecule has 0 aromatic heterocycles. The van der Waals surface area contributed by atoms with Crippen LogP contribution in [0.3, 0.4) is 0 Å². The summed E-state index contributed by atoms with van der Waals surface area (Å²) in [5, 5.41) is 0. The molecule has 1 aromatic rings. The van der Waals surface area contributed by atoms with Crippen molar-refractivity contribution in [2.75, 3.05) is 6.61 Å². The van der Waals surface area contributed by atoms with Crippen molar-refractivity contribution in [2.45, 2.75) is 90.9 Å². The van der Waals surface area contributed by atoms with Crippen LogP contribution in [0.25, 0.3) is 0 Å². The molecular formula is C24H36F2O3. The van der Waals surface area contributed by atoms with Crippen LogP contribution in [0.2, 0.25) is 0 Å². The Morgan fingerprint density at radius 3 is 2.21 bits per heavy atom. The lowest BCUT2D eigenvalue weighted by Gasteiger charge is -2.27. The lowest BCUT2D eigenvalue weighted by Crippen LogP contribution is -2.26. The number of benzene rings is 1. The smallest absolute Gasteiger partial charge is 0.314 e. The number of carbonyl (C=O) groups is 1. The highest BCUT2D eigenvalue weighted by molar-refractivity contribution is 5.75. The highest BCUT2D eigenvalue weighted by Crippen LogP contribution is 2.34. The van der Waals surface area contributed by atoms with Crippen LogP contribution in [0.15, 0.2) is 12.1 Å². The standard InChI is InChI=1S/C24H36F2O3/c1-3-5-7-9-17-28-20-15-16-21(23(26)22(20)25)29-24(27)19-13-11-18(12-14-19)10-8-6-4-2/h15-16,18-19H,3-14,17H2,1-2H3. The van der Waals surface area contributed by atoms with E-state index in [-0.39, 0.29) is 17.4 Å². The summed E-state index contributed by atoms with van der Waals surface area (Å²) < 4.78 is 39.1. The Bertz CT molecular complexity index is 625. The normalized spacial score (nSPS) is 19.2. The minimum absolute atomic E-state index is 0.133. The van der Waals surface area contributed by atoms with Gasteiger partial charge < -0.3 is 9.47 Å². The Balaban J connectivity index is 1.82. The monoisotopic (exact) mass is 410 g/mol. The topological polar surface area (TPSA) is 35.5 Å². The van der Waals surface area contributed by atoms with Gasteiger partial charge in [0, 0.05) is 0 Å². The minimum atomic E-state index is -1.15. The second-order valence-electron chi connectivity index (χ2n) is 8.23. The molecule has 0 saturated heterocycles. The average Bonchev–Trinajstić information content (AvgIpc) is 2.73. The van der Waals surface area contributed by atoms with E-state index in [1.54, 1.807) is 0 Å². The molecule has 3 nitrogen and oxygen atoms in total. The zero-order valence-electron chi connectivity index (χ0n) is 18.0. The van der Waals surface area contributed by atoms with Crippen LogP contribution in [-0.2, 0) is 4.79 Å². The minimum Gasteiger partial charge on any atom is -0.490 e. The Morgan fingerprint density at radius 2 is 1.52 bits per heavy atom. The van der Waals surface area contributed by atoms with Gasteiger partial charge in [-0.25, -0.2) is 0 Å². The summed E-state index contributed by atoms with van der Waals surface area (Å²) in [6.07, 6.45) is 12.5. The van der Waals surface area contributed by atoms with Crippen LogP contribution in [0.4, 0.5) is 8.78 Å². The quantitative estimate of drug-likeness (QED) is 0.207. The van der Waals surface area contributed by atoms with Crippen molar-refractivity contribution in [3.05, 3.63) is 23.8 Å². The second-order valence-corrected chi connectivity index (χ2v) is 8.23. The van der Waals surface area contributed by atoms with Gasteiger partial charge in [0.1, 0.15) is 0 Å². The molecule has 0 bridgehead atoms. The van der Waals surface area contributed by atoms with E-state index in [1.165, 1.54) is 37.8 Å². The van der Waals surface area contributed by atoms with Crippen LogP contribution in [0, 0.1) is 23.5 Å². The van der Waals surface area contributed by atoms with Crippen LogP contribution >= 0.6 is 0 Å². The number of unbranched alkanes of at least 4 members (excludes halogenated alkanes) is 5. The number of carbonyl (C=O) groups excluding carboxylic acids is 1. The Kier molecular flexibility index (Phi) is 10.4. The maximum absolute atomic E-state index is 14.3. The predicted octanol–water partition coefficient (Wildman–Crippen LogP) is 7.22. The Hall–Kier alpha value is -1.65. The largest absolute Gasteiger partial charge is 0.490 e. The third-order valence-corrected chi connectivity index (χ3v) is 5.87. The van der Waals surface area contributed by atoms with E-state index in [2.05, 4.69) is 13.8 Å². The molecule has 0 amide bonds. The lowest BCUT2D eigenvalue weighted by molar-refractivity contribution is -0.140. The molecule has 29 heavy (non-hydrogen) atoms. The van der Waals surface area contributed by atoms with Crippen LogP contribution in [0.1, 0.15) is 90.9 Å². The van der Waals surface area contributed by atoms with Gasteiger partial charge in [-0.2, -0.15) is 8.78 Å². The molecule has 164 valence electrons. The number of hydrogen-bond acceptors (Lipinski definition) is 3. The zero-order valence-corrected chi connectivity index (χ0v) is 18.0. The summed E-state index contributed by atoms with van der Waals surface area (Å²) in [7, 11) is 0. The lowest BCUT2D eigenvalue weighted by atomic mass is 9.80. The molecule has 1 fully saturated rings. The van der Waals surface area contributed by atoms with Crippen molar-refractivity contribution < 1.29 is 23.0 Å². The molecule has 0 radical (unpaired) electrons. The molecule has 1 aliphatic rings. The highest BCUT2D eigenvalue weighted by Gasteiger charge is 2.28. The van der Waals surface area contributed by atoms with Crippen molar-refractivity contribution >= 4 is 5.97 Å². The fourth-order valence-electron chi connectivity index (χ4n) is 3.98. The summed E-state index contributed by atoms with van der Waals surface area (Å²) in [5.74, 6) is -2.74. The molecule has 0 aliphatic heterocycles. The molecule has 1 aromatic carbocycles. The average molecular weight is 411 g/mol. The van der Waals surface area contributed by atoms with Gasteiger partial charge in [-0.1, -0.05) is 58.8 Å². The number of halogens is 2. The SMILES string of the molecule is CCCCCCOc1ccc(OC(=O)C2CCC(CCCCC)CC2)c(F)c1F. The summed E-state index contributed by atoms with van der Waals surface area (Å²) in [6.45, 7) is 4.65. The summed E-state index contributed by atoms with van der Waals surface area (Å²) >= 11 is 0. The Morgan fingerprint density at radius 1 is 0.897 bits per heavy atom. The van der Waals surface area contributed by atoms with Crippen LogP contribution in [-0.4, -0.2) is 12.6 Å². The number of esters is 1. The molecule has 0 heterocycles. The molecule has 1 saturated carbocycles. The van der Waals surface area contributed by atoms with E-state index in [9.17, 15) is 13.6 Å². The van der Waals surface area contributed by atoms with E-state index >= 15 is 0 Å². The fourth-order valence-corrected chi connectivity index (χ4v) is 3.98. The fraction of sp³-hybridized carbons (Fsp3) is 0.708. The van der Waals surface area contributed by atoms with Gasteiger partial charge in [-0.3, -0.25) is 4.79 Å². The van der Waals surface area contributed by atoms with Gasteiger partial charge in [-0.05, 0) is 50.2 Å². The van der Waals surface area contributed by atoms with Gasteiger partial charge in [0.2, 0.25) is 11.6 Å². The predicted molar refractivity (Wildman–Crippen MR) is 111 cm³/mol. The number of hydrogen-bond donors (Lipinski definition) is 0. The second kappa shape index (κ2) is 12.8. The molecule has 0 atom stereocenters. The Labute approximate surface area is 174 Å². The van der Waals surface area contributed by atoms with Crippen molar-refractivity contribution in [3.63, 3.8) is 0 Å². The first kappa shape index (κ1) is 23.6. The van der Waals surface area contributed by atoms with Gasteiger partial charge in [0.15, 0.2) is 11.5 Å². The van der Waals surface area contributed by atoms with Gasteiger partial charge in [0.05, 0.1) is 12.5 Å². The zero-order chi connectivity index (χ0) is 21.1. The van der Waals surface area contributed by atoms with E-state index in [0.29, 0.717) is 12.5 Å². The molecule has 2 rings (SSSR count). The molecule has 0 spiro atoms. The maximum Gasteiger partial charge on any atom is 0.314 e. The number of rotatable bonds is 12. The maximum atomic E-state index is 14.3. The first-order chi connectivity index (χ1) is 14.1. The van der Waals surface area contributed by atoms with Gasteiger partial charge in [-0.15, -0.1) is 0 Å². The molecule has 5 heteroatoms. The summed E-state index contributed by atoms with van der Waals surface area (Å²) in [5.41, 5.74) is 0. The molecular weight excluding hydrogens is 374 g/mol. The molecule has 1 aliphatic carbocycles. The van der Waals surface area contributed by atoms with Crippen LogP contribution < -0.4 is 9.47 Å². The summed E-state index contributed by atoms with van der Waals surface area (Å²) in [4.78, 5) is 12.4. The van der Waals surface area contributed by atoms with Crippen molar-refractivity contribution in [1.29, 1.82) is 0 Å². The van der Waals surface area contributed by atoms with E-state index in [1.807, 2.05) is 0 Å². The van der Waals surface area contributed by atoms with Crippen molar-refractivity contribution in [1.82, 2.24) is 0 Å². The molecule has 0 unspecified atom stereocenters. The third kappa shape index (κ3) is 7.60. The summed E-state index contributed by atoms with van der Waals surface area (Å²) in [6, 6.07) is 2.62. The third-order valence-electron chi connectivity index (χ3n) is 5.87. The van der Waals surface area contributed by atoms with Crippen LogP contribution in [0.5, 0.6) is 11.5 Å². The molecule has 0 N–H and O–H groups in total. The van der Waals surface area contributed by atoms with Crippen molar-refractivity contribution in [3.8, 4) is 11.5 Å². The first-order valence-electron chi connectivity index (χ1n) is 11.4. The first-order valence-corrected chi connectivity index (χ1v) is 11.4. The number of ether oxygens (including phenoxy) is 2. The van der Waals surface area contributed by atoms with E-state index in [4.69, 9.17) is 9.47 Å².